The summed E-state index contributed by atoms with van der Waals surface area (Å²) in [4.78, 5) is 27.4. The molecule has 0 N–H and O–H groups in total. The molecule has 6 heteroatoms. The number of ether oxygens (including phenoxy) is 1. The van der Waals surface area contributed by atoms with Gasteiger partial charge in [-0.15, -0.1) is 0 Å². The fraction of sp³-hybridized carbons (Fsp3) is 0.0714. The Kier molecular flexibility index (Phi) is 6.52. The molecule has 0 spiro atoms. The number of thioether (sulfide) groups is 1. The third-order valence-corrected chi connectivity index (χ3v) is 6.98. The lowest BCUT2D eigenvalue weighted by atomic mass is 10.1. The Bertz CT molecular complexity index is 1410. The van der Waals surface area contributed by atoms with Crippen LogP contribution in [0, 0.1) is 0 Å². The van der Waals surface area contributed by atoms with Crippen LogP contribution >= 0.6 is 27.7 Å². The smallest absolute Gasteiger partial charge is 0.293 e. The molecular weight excluding hydrogens is 510 g/mol. The van der Waals surface area contributed by atoms with Crippen LogP contribution in [0.2, 0.25) is 0 Å². The molecule has 2 amide bonds. The number of hydrogen-bond acceptors (Lipinski definition) is 4. The zero-order valence-electron chi connectivity index (χ0n) is 18.1. The first-order valence-corrected chi connectivity index (χ1v) is 12.4. The Balaban J connectivity index is 1.33. The van der Waals surface area contributed by atoms with Gasteiger partial charge in [0, 0.05) is 10.0 Å². The van der Waals surface area contributed by atoms with E-state index in [2.05, 4.69) is 15.9 Å². The van der Waals surface area contributed by atoms with E-state index in [-0.39, 0.29) is 17.7 Å². The summed E-state index contributed by atoms with van der Waals surface area (Å²) in [5, 5.41) is 1.94. The Morgan fingerprint density at radius 2 is 1.53 bits per heavy atom. The van der Waals surface area contributed by atoms with Crippen LogP contribution < -0.4 is 4.74 Å². The molecule has 1 heterocycles. The Morgan fingerprint density at radius 3 is 2.35 bits per heavy atom. The molecule has 168 valence electrons. The number of para-hydroxylation sites is 1. The summed E-state index contributed by atoms with van der Waals surface area (Å²) < 4.78 is 7.03. The monoisotopic (exact) mass is 529 g/mol. The number of halogens is 1. The maximum Gasteiger partial charge on any atom is 0.293 e. The molecule has 0 unspecified atom stereocenters. The van der Waals surface area contributed by atoms with Crippen LogP contribution in [0.5, 0.6) is 5.75 Å². The maximum atomic E-state index is 13.1. The summed E-state index contributed by atoms with van der Waals surface area (Å²) in [5.41, 5.74) is 2.71. The quantitative estimate of drug-likeness (QED) is 0.244. The highest BCUT2D eigenvalue weighted by Crippen LogP contribution is 2.35. The van der Waals surface area contributed by atoms with Crippen molar-refractivity contribution in [2.24, 2.45) is 0 Å². The number of benzene rings is 4. The van der Waals surface area contributed by atoms with Gasteiger partial charge in [0.15, 0.2) is 0 Å². The molecule has 34 heavy (non-hydrogen) atoms. The summed E-state index contributed by atoms with van der Waals surface area (Å²) in [6, 6.07) is 29.5. The van der Waals surface area contributed by atoms with Crippen molar-refractivity contribution in [1.29, 1.82) is 0 Å². The van der Waals surface area contributed by atoms with E-state index in [4.69, 9.17) is 4.74 Å². The van der Waals surface area contributed by atoms with E-state index in [1.54, 1.807) is 6.08 Å². The summed E-state index contributed by atoms with van der Waals surface area (Å²) in [7, 11) is 0. The molecule has 1 aliphatic heterocycles. The molecule has 0 bridgehead atoms. The molecule has 0 aromatic heterocycles. The van der Waals surface area contributed by atoms with E-state index < -0.39 is 0 Å². The minimum absolute atomic E-state index is 0.245. The van der Waals surface area contributed by atoms with Crippen molar-refractivity contribution in [3.63, 3.8) is 0 Å². The van der Waals surface area contributed by atoms with Crippen molar-refractivity contribution in [3.05, 3.63) is 117 Å². The lowest BCUT2D eigenvalue weighted by Gasteiger charge is -2.13. The topological polar surface area (TPSA) is 46.6 Å². The number of fused-ring (bicyclic) bond motifs is 1. The summed E-state index contributed by atoms with van der Waals surface area (Å²) in [5.74, 6) is 0.373. The van der Waals surface area contributed by atoms with Gasteiger partial charge < -0.3 is 4.74 Å². The number of carbonyl (C=O) groups is 2. The van der Waals surface area contributed by atoms with Crippen molar-refractivity contribution >= 4 is 55.7 Å². The number of hydrogen-bond donors (Lipinski definition) is 0. The molecular formula is C28H20BrNO3S. The van der Waals surface area contributed by atoms with Gasteiger partial charge in [-0.2, -0.15) is 0 Å². The first-order chi connectivity index (χ1) is 16.6. The largest absolute Gasteiger partial charge is 0.488 e. The third-order valence-electron chi connectivity index (χ3n) is 5.54. The zero-order chi connectivity index (χ0) is 23.5. The van der Waals surface area contributed by atoms with Crippen molar-refractivity contribution in [2.75, 3.05) is 0 Å². The number of imide groups is 1. The van der Waals surface area contributed by atoms with E-state index in [0.29, 0.717) is 17.3 Å². The second-order valence-corrected chi connectivity index (χ2v) is 9.81. The van der Waals surface area contributed by atoms with Gasteiger partial charge in [0.25, 0.3) is 11.1 Å². The minimum atomic E-state index is -0.286. The Labute approximate surface area is 210 Å². The van der Waals surface area contributed by atoms with Crippen LogP contribution in [0.4, 0.5) is 4.79 Å². The number of nitrogens with zero attached hydrogens (tertiary/aromatic N) is 1. The molecule has 1 aliphatic rings. The van der Waals surface area contributed by atoms with Crippen molar-refractivity contribution in [1.82, 2.24) is 4.90 Å². The van der Waals surface area contributed by atoms with Gasteiger partial charge in [0.2, 0.25) is 0 Å². The molecule has 1 saturated heterocycles. The van der Waals surface area contributed by atoms with E-state index in [9.17, 15) is 9.59 Å². The lowest BCUT2D eigenvalue weighted by Crippen LogP contribution is -2.27. The van der Waals surface area contributed by atoms with Gasteiger partial charge in [-0.1, -0.05) is 82.7 Å². The van der Waals surface area contributed by atoms with Crippen LogP contribution in [0.3, 0.4) is 0 Å². The number of carbonyl (C=O) groups excluding carboxylic acids is 2. The molecule has 1 fully saturated rings. The number of rotatable bonds is 6. The molecule has 0 saturated carbocycles. The SMILES string of the molecule is O=C1S/C(=C\c2ccccc2OCc2ccc(Br)cc2)C(=O)N1Cc1ccc2ccccc2c1. The van der Waals surface area contributed by atoms with Gasteiger partial charge in [0.05, 0.1) is 11.4 Å². The summed E-state index contributed by atoms with van der Waals surface area (Å²) in [6.07, 6.45) is 1.74. The average molecular weight is 530 g/mol. The molecule has 5 rings (SSSR count). The second kappa shape index (κ2) is 9.87. The summed E-state index contributed by atoms with van der Waals surface area (Å²) >= 11 is 4.40. The van der Waals surface area contributed by atoms with Crippen molar-refractivity contribution in [3.8, 4) is 5.75 Å². The Morgan fingerprint density at radius 1 is 0.824 bits per heavy atom. The highest BCUT2D eigenvalue weighted by molar-refractivity contribution is 9.10. The van der Waals surface area contributed by atoms with Crippen LogP contribution in [-0.2, 0) is 17.9 Å². The first kappa shape index (κ1) is 22.4. The normalized spacial score (nSPS) is 14.9. The van der Waals surface area contributed by atoms with Gasteiger partial charge in [-0.3, -0.25) is 14.5 Å². The maximum absolute atomic E-state index is 13.1. The molecule has 4 aromatic carbocycles. The van der Waals surface area contributed by atoms with Crippen molar-refractivity contribution in [2.45, 2.75) is 13.2 Å². The van der Waals surface area contributed by atoms with Crippen LogP contribution in [0.25, 0.3) is 16.8 Å². The summed E-state index contributed by atoms with van der Waals surface area (Å²) in [6.45, 7) is 0.649. The minimum Gasteiger partial charge on any atom is -0.488 e. The molecule has 4 aromatic rings. The predicted molar refractivity (Wildman–Crippen MR) is 140 cm³/mol. The predicted octanol–water partition coefficient (Wildman–Crippen LogP) is 7.42. The first-order valence-electron chi connectivity index (χ1n) is 10.8. The highest BCUT2D eigenvalue weighted by Gasteiger charge is 2.35. The fourth-order valence-electron chi connectivity index (χ4n) is 3.77. The second-order valence-electron chi connectivity index (χ2n) is 7.90. The van der Waals surface area contributed by atoms with Crippen molar-refractivity contribution < 1.29 is 14.3 Å². The molecule has 0 atom stereocenters. The molecule has 0 aliphatic carbocycles. The van der Waals surface area contributed by atoms with E-state index in [1.165, 1.54) is 4.90 Å². The van der Waals surface area contributed by atoms with E-state index in [0.717, 1.165) is 43.7 Å². The average Bonchev–Trinajstić information content (AvgIpc) is 3.11. The highest BCUT2D eigenvalue weighted by atomic mass is 79.9. The molecule has 4 nitrogen and oxygen atoms in total. The Hall–Kier alpha value is -3.35. The van der Waals surface area contributed by atoms with Gasteiger partial charge in [-0.05, 0) is 64.0 Å². The van der Waals surface area contributed by atoms with E-state index in [1.807, 2.05) is 91.0 Å². The van der Waals surface area contributed by atoms with Crippen LogP contribution in [0.15, 0.2) is 100 Å². The molecule has 0 radical (unpaired) electrons. The number of amides is 2. The van der Waals surface area contributed by atoms with Gasteiger partial charge >= 0.3 is 0 Å². The lowest BCUT2D eigenvalue weighted by molar-refractivity contribution is -0.123. The fourth-order valence-corrected chi connectivity index (χ4v) is 4.86. The standard InChI is InChI=1S/C28H20BrNO3S/c29-24-13-10-19(11-14-24)18-33-25-8-4-3-7-23(25)16-26-27(31)30(28(32)34-26)17-20-9-12-21-5-1-2-6-22(21)15-20/h1-16H,17-18H2/b26-16-. The van der Waals surface area contributed by atoms with Crippen LogP contribution in [0.1, 0.15) is 16.7 Å². The zero-order valence-corrected chi connectivity index (χ0v) is 20.5. The van der Waals surface area contributed by atoms with Crippen LogP contribution in [-0.4, -0.2) is 16.0 Å². The van der Waals surface area contributed by atoms with Gasteiger partial charge in [-0.25, -0.2) is 0 Å². The van der Waals surface area contributed by atoms with E-state index >= 15 is 0 Å². The third kappa shape index (κ3) is 4.93. The van der Waals surface area contributed by atoms with Gasteiger partial charge in [0.1, 0.15) is 12.4 Å².